The van der Waals surface area contributed by atoms with Crippen LogP contribution in [0.2, 0.25) is 0 Å². The third-order valence-corrected chi connectivity index (χ3v) is 4.06. The van der Waals surface area contributed by atoms with Crippen LogP contribution in [0.3, 0.4) is 0 Å². The second-order valence-corrected chi connectivity index (χ2v) is 5.64. The van der Waals surface area contributed by atoms with E-state index in [1.807, 2.05) is 31.2 Å². The van der Waals surface area contributed by atoms with Crippen LogP contribution in [0.5, 0.6) is 5.75 Å². The Morgan fingerprint density at radius 3 is 2.67 bits per heavy atom. The van der Waals surface area contributed by atoms with Gasteiger partial charge in [0.1, 0.15) is 5.75 Å². The lowest BCUT2D eigenvalue weighted by Crippen LogP contribution is -2.14. The minimum atomic E-state index is -0.104. The van der Waals surface area contributed by atoms with Crippen LogP contribution in [0, 0.1) is 13.8 Å². The number of carbonyl (C=O) groups is 1. The molecule has 21 heavy (non-hydrogen) atoms. The van der Waals surface area contributed by atoms with Crippen LogP contribution < -0.4 is 10.1 Å². The Labute approximate surface area is 124 Å². The highest BCUT2D eigenvalue weighted by Crippen LogP contribution is 2.35. The molecule has 3 rings (SSSR count). The van der Waals surface area contributed by atoms with E-state index in [0.29, 0.717) is 6.42 Å². The molecule has 108 valence electrons. The summed E-state index contributed by atoms with van der Waals surface area (Å²) in [5.74, 6) is 0.864. The van der Waals surface area contributed by atoms with E-state index in [0.717, 1.165) is 28.1 Å². The fraction of sp³-hybridized carbons (Fsp3) is 0.278. The number of amides is 1. The second kappa shape index (κ2) is 5.24. The van der Waals surface area contributed by atoms with Gasteiger partial charge in [-0.3, -0.25) is 4.79 Å². The summed E-state index contributed by atoms with van der Waals surface area (Å²) in [4.78, 5) is 12.2. The lowest BCUT2D eigenvalue weighted by Gasteiger charge is -2.12. The first-order valence-corrected chi connectivity index (χ1v) is 7.13. The highest BCUT2D eigenvalue weighted by Gasteiger charge is 2.30. The van der Waals surface area contributed by atoms with Gasteiger partial charge in [0.2, 0.25) is 5.91 Å². The zero-order chi connectivity index (χ0) is 15.0. The fourth-order valence-corrected chi connectivity index (χ4v) is 2.95. The Morgan fingerprint density at radius 2 is 1.95 bits per heavy atom. The Bertz CT molecular complexity index is 706. The largest absolute Gasteiger partial charge is 0.496 e. The number of methoxy groups -OCH3 is 1. The molecular weight excluding hydrogens is 262 g/mol. The quantitative estimate of drug-likeness (QED) is 0.933. The molecule has 3 nitrogen and oxygen atoms in total. The normalized spacial score (nSPS) is 16.5. The van der Waals surface area contributed by atoms with Gasteiger partial charge in [0.25, 0.3) is 0 Å². The summed E-state index contributed by atoms with van der Waals surface area (Å²) >= 11 is 0. The van der Waals surface area contributed by atoms with E-state index in [-0.39, 0.29) is 11.8 Å². The van der Waals surface area contributed by atoms with E-state index in [4.69, 9.17) is 4.74 Å². The van der Waals surface area contributed by atoms with E-state index in [1.165, 1.54) is 5.56 Å². The van der Waals surface area contributed by atoms with Crippen LogP contribution in [0.25, 0.3) is 0 Å². The van der Waals surface area contributed by atoms with Crippen LogP contribution in [0.4, 0.5) is 5.69 Å². The Hall–Kier alpha value is -2.29. The van der Waals surface area contributed by atoms with Gasteiger partial charge in [-0.1, -0.05) is 29.8 Å². The number of rotatable bonds is 3. The summed E-state index contributed by atoms with van der Waals surface area (Å²) in [6.07, 6.45) is 0.715. The van der Waals surface area contributed by atoms with Gasteiger partial charge in [-0.05, 0) is 49.1 Å². The van der Waals surface area contributed by atoms with Crippen molar-refractivity contribution in [2.24, 2.45) is 0 Å². The van der Waals surface area contributed by atoms with Crippen LogP contribution in [0.15, 0.2) is 36.4 Å². The first-order chi connectivity index (χ1) is 10.1. The number of hydrogen-bond donors (Lipinski definition) is 1. The number of aryl methyl sites for hydroxylation is 2. The van der Waals surface area contributed by atoms with Gasteiger partial charge < -0.3 is 10.1 Å². The number of fused-ring (bicyclic) bond motifs is 1. The highest BCUT2D eigenvalue weighted by atomic mass is 16.5. The lowest BCUT2D eigenvalue weighted by atomic mass is 9.91. The van der Waals surface area contributed by atoms with Crippen LogP contribution in [0.1, 0.15) is 28.2 Å². The molecule has 1 atom stereocenters. The molecular formula is C18H19NO2. The number of nitrogens with one attached hydrogen (secondary N) is 1. The summed E-state index contributed by atoms with van der Waals surface area (Å²) in [5, 5.41) is 2.97. The Kier molecular flexibility index (Phi) is 3.42. The van der Waals surface area contributed by atoms with Crippen molar-refractivity contribution < 1.29 is 9.53 Å². The molecule has 1 heterocycles. The van der Waals surface area contributed by atoms with Gasteiger partial charge in [0.05, 0.1) is 13.0 Å². The van der Waals surface area contributed by atoms with E-state index in [2.05, 4.69) is 24.4 Å². The molecule has 1 unspecified atom stereocenters. The van der Waals surface area contributed by atoms with Crippen molar-refractivity contribution in [1.82, 2.24) is 0 Å². The Balaban J connectivity index is 1.90. The summed E-state index contributed by atoms with van der Waals surface area (Å²) < 4.78 is 5.28. The second-order valence-electron chi connectivity index (χ2n) is 5.64. The molecule has 0 bridgehead atoms. The molecule has 0 spiro atoms. The molecule has 1 amide bonds. The van der Waals surface area contributed by atoms with Gasteiger partial charge in [-0.15, -0.1) is 0 Å². The van der Waals surface area contributed by atoms with Crippen LogP contribution >= 0.6 is 0 Å². The zero-order valence-electron chi connectivity index (χ0n) is 12.6. The minimum absolute atomic E-state index is 0.0871. The molecule has 3 heteroatoms. The molecule has 0 radical (unpaired) electrons. The van der Waals surface area contributed by atoms with Crippen molar-refractivity contribution in [3.8, 4) is 5.75 Å². The van der Waals surface area contributed by atoms with Crippen LogP contribution in [-0.4, -0.2) is 13.0 Å². The number of anilines is 1. The molecule has 0 fully saturated rings. The average Bonchev–Trinajstić information content (AvgIpc) is 2.75. The standard InChI is InChI=1S/C18H19NO2/c1-11-4-6-16-14(8-11)15(18(20)19-16)10-13-5-7-17(21-3)12(2)9-13/h4-9,15H,10H2,1-3H3,(H,19,20). The summed E-state index contributed by atoms with van der Waals surface area (Å²) in [7, 11) is 1.67. The smallest absolute Gasteiger partial charge is 0.232 e. The van der Waals surface area contributed by atoms with E-state index < -0.39 is 0 Å². The average molecular weight is 281 g/mol. The van der Waals surface area contributed by atoms with E-state index in [9.17, 15) is 4.79 Å². The molecule has 2 aromatic rings. The van der Waals surface area contributed by atoms with Crippen molar-refractivity contribution in [3.63, 3.8) is 0 Å². The maximum absolute atomic E-state index is 12.2. The highest BCUT2D eigenvalue weighted by molar-refractivity contribution is 6.03. The number of hydrogen-bond acceptors (Lipinski definition) is 2. The third kappa shape index (κ3) is 2.51. The monoisotopic (exact) mass is 281 g/mol. The maximum atomic E-state index is 12.2. The predicted molar refractivity (Wildman–Crippen MR) is 84.0 cm³/mol. The topological polar surface area (TPSA) is 38.3 Å². The number of benzene rings is 2. The Morgan fingerprint density at radius 1 is 1.14 bits per heavy atom. The van der Waals surface area contributed by atoms with Gasteiger partial charge in [-0.2, -0.15) is 0 Å². The molecule has 2 aromatic carbocycles. The van der Waals surface area contributed by atoms with Gasteiger partial charge in [0.15, 0.2) is 0 Å². The molecule has 0 saturated carbocycles. The maximum Gasteiger partial charge on any atom is 0.232 e. The zero-order valence-corrected chi connectivity index (χ0v) is 12.6. The van der Waals surface area contributed by atoms with Crippen molar-refractivity contribution in [2.75, 3.05) is 12.4 Å². The first kappa shape index (κ1) is 13.7. The van der Waals surface area contributed by atoms with Gasteiger partial charge in [-0.25, -0.2) is 0 Å². The van der Waals surface area contributed by atoms with Crippen molar-refractivity contribution >= 4 is 11.6 Å². The molecule has 1 N–H and O–H groups in total. The van der Waals surface area contributed by atoms with Gasteiger partial charge in [0, 0.05) is 5.69 Å². The lowest BCUT2D eigenvalue weighted by molar-refractivity contribution is -0.117. The number of ether oxygens (including phenoxy) is 1. The molecule has 0 aliphatic carbocycles. The van der Waals surface area contributed by atoms with Crippen molar-refractivity contribution in [1.29, 1.82) is 0 Å². The molecule has 0 aromatic heterocycles. The SMILES string of the molecule is COc1ccc(CC2C(=O)Nc3ccc(C)cc32)cc1C. The minimum Gasteiger partial charge on any atom is -0.496 e. The third-order valence-electron chi connectivity index (χ3n) is 4.06. The first-order valence-electron chi connectivity index (χ1n) is 7.13. The summed E-state index contributed by atoms with van der Waals surface area (Å²) in [5.41, 5.74) is 5.48. The van der Waals surface area contributed by atoms with Crippen LogP contribution in [-0.2, 0) is 11.2 Å². The predicted octanol–water partition coefficient (Wildman–Crippen LogP) is 3.59. The summed E-state index contributed by atoms with van der Waals surface area (Å²) in [6, 6.07) is 12.2. The van der Waals surface area contributed by atoms with E-state index >= 15 is 0 Å². The number of carbonyl (C=O) groups excluding carboxylic acids is 1. The molecule has 0 saturated heterocycles. The van der Waals surface area contributed by atoms with Crippen molar-refractivity contribution in [3.05, 3.63) is 58.7 Å². The van der Waals surface area contributed by atoms with Crippen molar-refractivity contribution in [2.45, 2.75) is 26.2 Å². The molecule has 1 aliphatic rings. The van der Waals surface area contributed by atoms with Gasteiger partial charge >= 0.3 is 0 Å². The fourth-order valence-electron chi connectivity index (χ4n) is 2.95. The van der Waals surface area contributed by atoms with E-state index in [1.54, 1.807) is 7.11 Å². The molecule has 1 aliphatic heterocycles. The summed E-state index contributed by atoms with van der Waals surface area (Å²) in [6.45, 7) is 4.08.